The molecule has 0 unspecified atom stereocenters. The summed E-state index contributed by atoms with van der Waals surface area (Å²) in [4.78, 5) is 11.2. The van der Waals surface area contributed by atoms with Crippen LogP contribution in [-0.2, 0) is 6.42 Å². The van der Waals surface area contributed by atoms with Crippen LogP contribution >= 0.6 is 0 Å². The molecule has 1 aliphatic heterocycles. The second kappa shape index (κ2) is 9.16. The van der Waals surface area contributed by atoms with Crippen LogP contribution in [0.3, 0.4) is 0 Å². The molecule has 0 saturated carbocycles. The maximum absolute atomic E-state index is 10.4. The number of aliphatic hydroxyl groups is 1. The van der Waals surface area contributed by atoms with Gasteiger partial charge in [-0.1, -0.05) is 6.07 Å². The van der Waals surface area contributed by atoms with E-state index in [0.29, 0.717) is 11.4 Å². The number of fused-ring (bicyclic) bond motifs is 2. The van der Waals surface area contributed by atoms with Crippen LogP contribution in [0.15, 0.2) is 55.0 Å². The van der Waals surface area contributed by atoms with Gasteiger partial charge in [0.1, 0.15) is 24.0 Å². The third kappa shape index (κ3) is 4.51. The standard InChI is InChI=1S/C29H30N6O2/c1-29(2,36)22-10-11-34(17-22)27-14-28(32-18-31-27)35-25-13-23(8-7-21(25)16-33-35)37-26-5-3-4-20-12-19(15-30)6-9-24(20)26/h6-9,12-14,16,18,22,26,36H,3-5,10-11,17H2,1-2H3/t22-,26+/m1/s1. The quantitative estimate of drug-likeness (QED) is 0.428. The van der Waals surface area contributed by atoms with E-state index in [-0.39, 0.29) is 12.0 Å². The summed E-state index contributed by atoms with van der Waals surface area (Å²) in [6.45, 7) is 5.35. The highest BCUT2D eigenvalue weighted by molar-refractivity contribution is 5.81. The van der Waals surface area contributed by atoms with Crippen molar-refractivity contribution in [1.82, 2.24) is 19.7 Å². The van der Waals surface area contributed by atoms with Crippen LogP contribution in [0.25, 0.3) is 16.7 Å². The van der Waals surface area contributed by atoms with Crippen molar-refractivity contribution < 1.29 is 9.84 Å². The average Bonchev–Trinajstić information content (AvgIpc) is 3.56. The molecule has 37 heavy (non-hydrogen) atoms. The minimum atomic E-state index is -0.712. The highest BCUT2D eigenvalue weighted by Gasteiger charge is 2.34. The van der Waals surface area contributed by atoms with Crippen molar-refractivity contribution in [3.8, 4) is 17.6 Å². The van der Waals surface area contributed by atoms with Gasteiger partial charge in [0.15, 0.2) is 5.82 Å². The van der Waals surface area contributed by atoms with Gasteiger partial charge in [0.05, 0.1) is 28.9 Å². The van der Waals surface area contributed by atoms with Crippen LogP contribution in [0.1, 0.15) is 55.9 Å². The summed E-state index contributed by atoms with van der Waals surface area (Å²) in [5.74, 6) is 2.50. The van der Waals surface area contributed by atoms with E-state index in [1.807, 2.05) is 67.2 Å². The van der Waals surface area contributed by atoms with E-state index in [9.17, 15) is 10.4 Å². The molecule has 1 N–H and O–H groups in total. The third-order valence-corrected chi connectivity index (χ3v) is 7.72. The van der Waals surface area contributed by atoms with Gasteiger partial charge >= 0.3 is 0 Å². The first kappa shape index (κ1) is 23.4. The Kier molecular flexibility index (Phi) is 5.81. The number of nitrogens with zero attached hydrogens (tertiary/aromatic N) is 6. The Morgan fingerprint density at radius 1 is 1.08 bits per heavy atom. The predicted octanol–water partition coefficient (Wildman–Crippen LogP) is 4.74. The van der Waals surface area contributed by atoms with Crippen molar-refractivity contribution in [1.29, 1.82) is 5.26 Å². The van der Waals surface area contributed by atoms with Crippen molar-refractivity contribution in [3.63, 3.8) is 0 Å². The van der Waals surface area contributed by atoms with E-state index in [1.54, 1.807) is 6.33 Å². The van der Waals surface area contributed by atoms with Crippen molar-refractivity contribution in [2.45, 2.75) is 51.2 Å². The zero-order valence-electron chi connectivity index (χ0n) is 21.1. The number of rotatable bonds is 5. The van der Waals surface area contributed by atoms with E-state index in [0.717, 1.165) is 66.8 Å². The zero-order chi connectivity index (χ0) is 25.6. The van der Waals surface area contributed by atoms with Gasteiger partial charge in [0, 0.05) is 36.5 Å². The molecule has 8 nitrogen and oxygen atoms in total. The van der Waals surface area contributed by atoms with Crippen LogP contribution in [-0.4, -0.2) is 43.5 Å². The van der Waals surface area contributed by atoms with E-state index >= 15 is 0 Å². The smallest absolute Gasteiger partial charge is 0.159 e. The van der Waals surface area contributed by atoms with Gasteiger partial charge in [-0.25, -0.2) is 14.6 Å². The molecular weight excluding hydrogens is 464 g/mol. The van der Waals surface area contributed by atoms with Crippen molar-refractivity contribution in [2.75, 3.05) is 18.0 Å². The van der Waals surface area contributed by atoms with Gasteiger partial charge in [0.2, 0.25) is 0 Å². The van der Waals surface area contributed by atoms with Crippen molar-refractivity contribution in [3.05, 3.63) is 71.7 Å². The second-order valence-electron chi connectivity index (χ2n) is 10.6. The van der Waals surface area contributed by atoms with E-state index in [4.69, 9.17) is 4.74 Å². The van der Waals surface area contributed by atoms with Gasteiger partial charge in [-0.15, -0.1) is 0 Å². The Bertz CT molecular complexity index is 1500. The first-order valence-electron chi connectivity index (χ1n) is 12.9. The molecule has 0 radical (unpaired) electrons. The maximum atomic E-state index is 10.4. The number of hydrogen-bond donors (Lipinski definition) is 1. The third-order valence-electron chi connectivity index (χ3n) is 7.72. The normalized spacial score (nSPS) is 19.6. The molecule has 8 heteroatoms. The minimum Gasteiger partial charge on any atom is -0.486 e. The lowest BCUT2D eigenvalue weighted by Gasteiger charge is -2.26. The Balaban J connectivity index is 1.27. The molecular formula is C29H30N6O2. The fraction of sp³-hybridized carbons (Fsp3) is 0.379. The lowest BCUT2D eigenvalue weighted by molar-refractivity contribution is 0.0263. The SMILES string of the molecule is CC(C)(O)[C@@H]1CCN(c2cc(-n3ncc4ccc(O[C@H]5CCCc6cc(C#N)ccc65)cc43)ncn2)C1. The van der Waals surface area contributed by atoms with Crippen LogP contribution in [0.2, 0.25) is 0 Å². The Morgan fingerprint density at radius 2 is 1.95 bits per heavy atom. The van der Waals surface area contributed by atoms with Crippen LogP contribution in [0.5, 0.6) is 5.75 Å². The molecule has 0 amide bonds. The molecule has 4 aromatic rings. The zero-order valence-corrected chi connectivity index (χ0v) is 21.1. The topological polar surface area (TPSA) is 100 Å². The molecule has 0 spiro atoms. The van der Waals surface area contributed by atoms with Gasteiger partial charge in [-0.05, 0) is 74.9 Å². The van der Waals surface area contributed by atoms with E-state index in [1.165, 1.54) is 5.56 Å². The van der Waals surface area contributed by atoms with Crippen LogP contribution in [0, 0.1) is 17.2 Å². The van der Waals surface area contributed by atoms with Gasteiger partial charge < -0.3 is 14.7 Å². The fourth-order valence-corrected chi connectivity index (χ4v) is 5.55. The summed E-state index contributed by atoms with van der Waals surface area (Å²) >= 11 is 0. The number of hydrogen-bond acceptors (Lipinski definition) is 7. The molecule has 2 aromatic carbocycles. The van der Waals surface area contributed by atoms with Crippen molar-refractivity contribution >= 4 is 16.7 Å². The average molecular weight is 495 g/mol. The summed E-state index contributed by atoms with van der Waals surface area (Å²) in [6.07, 6.45) is 7.23. The number of aryl methyl sites for hydroxylation is 1. The minimum absolute atomic E-state index is 0.0464. The number of anilines is 1. The Morgan fingerprint density at radius 3 is 2.76 bits per heavy atom. The number of aromatic nitrogens is 4. The first-order valence-corrected chi connectivity index (χ1v) is 12.9. The highest BCUT2D eigenvalue weighted by atomic mass is 16.5. The van der Waals surface area contributed by atoms with Crippen LogP contribution in [0.4, 0.5) is 5.82 Å². The number of benzene rings is 2. The molecule has 1 fully saturated rings. The van der Waals surface area contributed by atoms with Gasteiger partial charge in [0.25, 0.3) is 0 Å². The van der Waals surface area contributed by atoms with E-state index in [2.05, 4.69) is 26.0 Å². The number of nitriles is 1. The van der Waals surface area contributed by atoms with Gasteiger partial charge in [-0.3, -0.25) is 0 Å². The van der Waals surface area contributed by atoms with Crippen molar-refractivity contribution in [2.24, 2.45) is 5.92 Å². The Labute approximate surface area is 216 Å². The summed E-state index contributed by atoms with van der Waals surface area (Å²) in [5, 5.41) is 25.3. The molecule has 2 aliphatic rings. The molecule has 6 rings (SSSR count). The molecule has 1 aliphatic carbocycles. The summed E-state index contributed by atoms with van der Waals surface area (Å²) in [7, 11) is 0. The van der Waals surface area contributed by atoms with Gasteiger partial charge in [-0.2, -0.15) is 10.4 Å². The highest BCUT2D eigenvalue weighted by Crippen LogP contribution is 2.35. The molecule has 2 aromatic heterocycles. The number of ether oxygens (including phenoxy) is 1. The predicted molar refractivity (Wildman–Crippen MR) is 141 cm³/mol. The monoisotopic (exact) mass is 494 g/mol. The van der Waals surface area contributed by atoms with E-state index < -0.39 is 5.60 Å². The largest absolute Gasteiger partial charge is 0.486 e. The Hall–Kier alpha value is -3.96. The van der Waals surface area contributed by atoms with Crippen LogP contribution < -0.4 is 9.64 Å². The molecule has 2 atom stereocenters. The second-order valence-corrected chi connectivity index (χ2v) is 10.6. The molecule has 3 heterocycles. The molecule has 188 valence electrons. The summed E-state index contributed by atoms with van der Waals surface area (Å²) in [5.41, 5.74) is 3.25. The summed E-state index contributed by atoms with van der Waals surface area (Å²) < 4.78 is 8.31. The lowest BCUT2D eigenvalue weighted by atomic mass is 9.88. The summed E-state index contributed by atoms with van der Waals surface area (Å²) in [6, 6.07) is 16.1. The fourth-order valence-electron chi connectivity index (χ4n) is 5.55. The maximum Gasteiger partial charge on any atom is 0.159 e. The molecule has 1 saturated heterocycles. The lowest BCUT2D eigenvalue weighted by Crippen LogP contribution is -2.33. The molecule has 0 bridgehead atoms. The first-order chi connectivity index (χ1) is 17.9.